The fourth-order valence-electron chi connectivity index (χ4n) is 1.78. The van der Waals surface area contributed by atoms with E-state index in [2.05, 4.69) is 15.3 Å². The Morgan fingerprint density at radius 2 is 2.22 bits per heavy atom. The topological polar surface area (TPSA) is 37.8 Å². The lowest BCUT2D eigenvalue weighted by atomic mass is 10.0. The van der Waals surface area contributed by atoms with Crippen molar-refractivity contribution in [2.24, 2.45) is 0 Å². The van der Waals surface area contributed by atoms with Crippen LogP contribution in [0.15, 0.2) is 36.8 Å². The molecule has 1 N–H and O–H groups in total. The maximum absolute atomic E-state index is 13.2. The zero-order chi connectivity index (χ0) is 13.0. The van der Waals surface area contributed by atoms with Crippen molar-refractivity contribution >= 4 is 11.6 Å². The van der Waals surface area contributed by atoms with Gasteiger partial charge in [-0.1, -0.05) is 11.6 Å². The van der Waals surface area contributed by atoms with Gasteiger partial charge >= 0.3 is 0 Å². The number of benzene rings is 1. The van der Waals surface area contributed by atoms with E-state index in [-0.39, 0.29) is 11.9 Å². The lowest BCUT2D eigenvalue weighted by molar-refractivity contribution is 0.569. The molecule has 0 amide bonds. The maximum Gasteiger partial charge on any atom is 0.123 e. The third-order valence-electron chi connectivity index (χ3n) is 2.74. The fraction of sp³-hybridized carbons (Fsp3) is 0.231. The molecule has 3 nitrogen and oxygen atoms in total. The van der Waals surface area contributed by atoms with E-state index in [0.717, 1.165) is 11.3 Å². The molecule has 5 heteroatoms. The van der Waals surface area contributed by atoms with Crippen molar-refractivity contribution in [1.82, 2.24) is 15.3 Å². The summed E-state index contributed by atoms with van der Waals surface area (Å²) in [6.45, 7) is 0. The van der Waals surface area contributed by atoms with Crippen LogP contribution >= 0.6 is 11.6 Å². The first-order valence-electron chi connectivity index (χ1n) is 5.58. The third kappa shape index (κ3) is 3.03. The van der Waals surface area contributed by atoms with Crippen molar-refractivity contribution < 1.29 is 4.39 Å². The normalized spacial score (nSPS) is 12.4. The summed E-state index contributed by atoms with van der Waals surface area (Å²) in [6.07, 6.45) is 3.75. The molecule has 0 saturated heterocycles. The molecule has 1 aromatic heterocycles. The monoisotopic (exact) mass is 265 g/mol. The lowest BCUT2D eigenvalue weighted by Crippen LogP contribution is -2.20. The van der Waals surface area contributed by atoms with Crippen molar-refractivity contribution in [3.8, 4) is 0 Å². The number of rotatable bonds is 4. The van der Waals surface area contributed by atoms with Crippen LogP contribution in [-0.4, -0.2) is 17.0 Å². The summed E-state index contributed by atoms with van der Waals surface area (Å²) >= 11 is 6.06. The van der Waals surface area contributed by atoms with Crippen LogP contribution in [-0.2, 0) is 6.42 Å². The average Bonchev–Trinajstić information content (AvgIpc) is 2.41. The van der Waals surface area contributed by atoms with E-state index in [4.69, 9.17) is 11.6 Å². The van der Waals surface area contributed by atoms with E-state index in [0.29, 0.717) is 11.4 Å². The molecule has 1 heterocycles. The van der Waals surface area contributed by atoms with Crippen molar-refractivity contribution in [2.75, 3.05) is 7.05 Å². The number of nitrogens with one attached hydrogen (secondary N) is 1. The summed E-state index contributed by atoms with van der Waals surface area (Å²) in [7, 11) is 1.83. The highest BCUT2D eigenvalue weighted by Crippen LogP contribution is 2.23. The number of hydrogen-bond donors (Lipinski definition) is 1. The van der Waals surface area contributed by atoms with Crippen molar-refractivity contribution in [2.45, 2.75) is 12.5 Å². The molecule has 2 rings (SSSR count). The minimum atomic E-state index is -0.285. The van der Waals surface area contributed by atoms with Gasteiger partial charge in [0, 0.05) is 11.2 Å². The Labute approximate surface area is 110 Å². The van der Waals surface area contributed by atoms with Gasteiger partial charge in [0.25, 0.3) is 0 Å². The molecule has 0 saturated carbocycles. The van der Waals surface area contributed by atoms with E-state index in [1.165, 1.54) is 18.5 Å². The van der Waals surface area contributed by atoms with Crippen LogP contribution in [0.3, 0.4) is 0 Å². The first-order chi connectivity index (χ1) is 8.70. The molecule has 0 aliphatic carbocycles. The zero-order valence-electron chi connectivity index (χ0n) is 9.90. The highest BCUT2D eigenvalue weighted by Gasteiger charge is 2.13. The van der Waals surface area contributed by atoms with Gasteiger partial charge in [0.1, 0.15) is 12.1 Å². The molecule has 1 unspecified atom stereocenters. The van der Waals surface area contributed by atoms with Gasteiger partial charge in [-0.3, -0.25) is 0 Å². The van der Waals surface area contributed by atoms with Crippen molar-refractivity contribution in [3.05, 3.63) is 58.9 Å². The minimum absolute atomic E-state index is 0.0210. The van der Waals surface area contributed by atoms with Gasteiger partial charge in [-0.25, -0.2) is 14.4 Å². The molecular formula is C13H13ClFN3. The minimum Gasteiger partial charge on any atom is -0.311 e. The van der Waals surface area contributed by atoms with Crippen LogP contribution < -0.4 is 5.32 Å². The number of likely N-dealkylation sites (N-methyl/N-ethyl adjacent to an activating group) is 1. The van der Waals surface area contributed by atoms with Crippen LogP contribution in [0.4, 0.5) is 4.39 Å². The average molecular weight is 266 g/mol. The van der Waals surface area contributed by atoms with Crippen LogP contribution in [0, 0.1) is 5.82 Å². The number of hydrogen-bond acceptors (Lipinski definition) is 3. The summed E-state index contributed by atoms with van der Waals surface area (Å²) in [5.41, 5.74) is 1.61. The predicted octanol–water partition coefficient (Wildman–Crippen LogP) is 2.77. The number of halogens is 2. The Balaban J connectivity index is 2.23. The molecule has 94 valence electrons. The molecule has 18 heavy (non-hydrogen) atoms. The molecule has 0 aliphatic rings. The van der Waals surface area contributed by atoms with E-state index in [1.54, 1.807) is 12.3 Å². The van der Waals surface area contributed by atoms with Crippen LogP contribution in [0.25, 0.3) is 0 Å². The first-order valence-corrected chi connectivity index (χ1v) is 5.95. The summed E-state index contributed by atoms with van der Waals surface area (Å²) in [5.74, 6) is -0.285. The fourth-order valence-corrected chi connectivity index (χ4v) is 1.98. The Morgan fingerprint density at radius 3 is 2.89 bits per heavy atom. The highest BCUT2D eigenvalue weighted by atomic mass is 35.5. The Kier molecular flexibility index (Phi) is 4.23. The van der Waals surface area contributed by atoms with Gasteiger partial charge in [0.2, 0.25) is 0 Å². The summed E-state index contributed by atoms with van der Waals surface area (Å²) in [4.78, 5) is 8.06. The first kappa shape index (κ1) is 12.9. The standard InChI is InChI=1S/C13H13ClFN3/c1-16-13(12-4-5-17-8-18-12)7-9-6-10(15)2-3-11(9)14/h2-6,8,13,16H,7H2,1H3. The summed E-state index contributed by atoms with van der Waals surface area (Å²) in [5, 5.41) is 3.70. The van der Waals surface area contributed by atoms with Gasteiger partial charge in [0.15, 0.2) is 0 Å². The molecule has 1 aromatic carbocycles. The SMILES string of the molecule is CNC(Cc1cc(F)ccc1Cl)c1ccncn1. The Bertz CT molecular complexity index is 519. The largest absolute Gasteiger partial charge is 0.311 e. The Morgan fingerprint density at radius 1 is 1.39 bits per heavy atom. The highest BCUT2D eigenvalue weighted by molar-refractivity contribution is 6.31. The molecule has 0 radical (unpaired) electrons. The van der Waals surface area contributed by atoms with Crippen molar-refractivity contribution in [1.29, 1.82) is 0 Å². The van der Waals surface area contributed by atoms with Gasteiger partial charge in [0.05, 0.1) is 11.7 Å². The van der Waals surface area contributed by atoms with Gasteiger partial charge < -0.3 is 5.32 Å². The molecule has 0 spiro atoms. The second-order valence-electron chi connectivity index (χ2n) is 3.92. The molecule has 2 aromatic rings. The zero-order valence-corrected chi connectivity index (χ0v) is 10.7. The van der Waals surface area contributed by atoms with Gasteiger partial charge in [-0.2, -0.15) is 0 Å². The molecule has 1 atom stereocenters. The predicted molar refractivity (Wildman–Crippen MR) is 68.9 cm³/mol. The molecular weight excluding hydrogens is 253 g/mol. The number of nitrogens with zero attached hydrogens (tertiary/aromatic N) is 2. The van der Waals surface area contributed by atoms with E-state index >= 15 is 0 Å². The van der Waals surface area contributed by atoms with Gasteiger partial charge in [-0.15, -0.1) is 0 Å². The van der Waals surface area contributed by atoms with Crippen LogP contribution in [0.1, 0.15) is 17.3 Å². The second-order valence-corrected chi connectivity index (χ2v) is 4.32. The van der Waals surface area contributed by atoms with E-state index in [9.17, 15) is 4.39 Å². The van der Waals surface area contributed by atoms with Crippen LogP contribution in [0.5, 0.6) is 0 Å². The molecule has 0 bridgehead atoms. The molecule has 0 aliphatic heterocycles. The molecule has 0 fully saturated rings. The lowest BCUT2D eigenvalue weighted by Gasteiger charge is -2.16. The Hall–Kier alpha value is -1.52. The second kappa shape index (κ2) is 5.89. The maximum atomic E-state index is 13.2. The summed E-state index contributed by atoms with van der Waals surface area (Å²) in [6, 6.07) is 6.18. The van der Waals surface area contributed by atoms with E-state index < -0.39 is 0 Å². The smallest absolute Gasteiger partial charge is 0.123 e. The summed E-state index contributed by atoms with van der Waals surface area (Å²) < 4.78 is 13.2. The third-order valence-corrected chi connectivity index (χ3v) is 3.11. The quantitative estimate of drug-likeness (QED) is 0.924. The number of aromatic nitrogens is 2. The van der Waals surface area contributed by atoms with Gasteiger partial charge in [-0.05, 0) is 43.3 Å². The van der Waals surface area contributed by atoms with Crippen LogP contribution in [0.2, 0.25) is 5.02 Å². The van der Waals surface area contributed by atoms with Crippen molar-refractivity contribution in [3.63, 3.8) is 0 Å². The van der Waals surface area contributed by atoms with E-state index in [1.807, 2.05) is 13.1 Å².